The molecule has 2 rings (SSSR count). The Kier molecular flexibility index (Phi) is 3.78. The third-order valence-electron chi connectivity index (χ3n) is 2.60. The summed E-state index contributed by atoms with van der Waals surface area (Å²) in [6, 6.07) is 5.37. The molecule has 1 heterocycles. The maximum absolute atomic E-state index is 9.28. The second-order valence-electron chi connectivity index (χ2n) is 3.75. The van der Waals surface area contributed by atoms with E-state index in [-0.39, 0.29) is 13.2 Å². The normalized spacial score (nSPS) is 10.4. The lowest BCUT2D eigenvalue weighted by Crippen LogP contribution is -2.05. The van der Waals surface area contributed by atoms with Crippen LogP contribution in [0.4, 0.5) is 0 Å². The summed E-state index contributed by atoms with van der Waals surface area (Å²) in [6.07, 6.45) is 1.61. The summed E-state index contributed by atoms with van der Waals surface area (Å²) in [5.74, 6) is 1.82. The van der Waals surface area contributed by atoms with Gasteiger partial charge in [-0.2, -0.15) is 0 Å². The van der Waals surface area contributed by atoms with Crippen LogP contribution in [-0.4, -0.2) is 27.0 Å². The average molecular weight is 249 g/mol. The Labute approximate surface area is 105 Å². The first-order valence-electron chi connectivity index (χ1n) is 5.48. The largest absolute Gasteiger partial charge is 0.493 e. The van der Waals surface area contributed by atoms with E-state index in [1.54, 1.807) is 36.2 Å². The van der Waals surface area contributed by atoms with Crippen molar-refractivity contribution in [1.82, 2.24) is 14.8 Å². The molecular weight excluding hydrogens is 234 g/mol. The number of rotatable bonds is 5. The molecule has 1 aromatic heterocycles. The van der Waals surface area contributed by atoms with E-state index >= 15 is 0 Å². The zero-order valence-electron chi connectivity index (χ0n) is 10.3. The van der Waals surface area contributed by atoms with Gasteiger partial charge in [-0.3, -0.25) is 0 Å². The van der Waals surface area contributed by atoms with Crippen LogP contribution in [-0.2, 0) is 20.3 Å². The van der Waals surface area contributed by atoms with Crippen LogP contribution in [0.5, 0.6) is 11.5 Å². The van der Waals surface area contributed by atoms with Gasteiger partial charge in [0.2, 0.25) is 0 Å². The molecule has 0 amide bonds. The molecule has 0 aliphatic heterocycles. The monoisotopic (exact) mass is 249 g/mol. The van der Waals surface area contributed by atoms with E-state index in [1.807, 2.05) is 7.05 Å². The molecule has 0 bridgehead atoms. The van der Waals surface area contributed by atoms with Crippen LogP contribution >= 0.6 is 0 Å². The molecule has 0 unspecified atom stereocenters. The quantitative estimate of drug-likeness (QED) is 0.852. The fraction of sp³-hybridized carbons (Fsp3) is 0.333. The lowest BCUT2D eigenvalue weighted by molar-refractivity contribution is 0.244. The van der Waals surface area contributed by atoms with Gasteiger partial charge in [0.25, 0.3) is 0 Å². The number of aryl methyl sites for hydroxylation is 1. The van der Waals surface area contributed by atoms with Crippen LogP contribution in [0.2, 0.25) is 0 Å². The Hall–Kier alpha value is -2.08. The fourth-order valence-electron chi connectivity index (χ4n) is 1.58. The Morgan fingerprint density at radius 2 is 2.22 bits per heavy atom. The molecule has 0 saturated carbocycles. The molecule has 0 aliphatic rings. The van der Waals surface area contributed by atoms with Gasteiger partial charge in [0.05, 0.1) is 13.7 Å². The van der Waals surface area contributed by atoms with Crippen molar-refractivity contribution in [2.75, 3.05) is 7.11 Å². The van der Waals surface area contributed by atoms with E-state index in [0.717, 1.165) is 0 Å². The minimum Gasteiger partial charge on any atom is -0.493 e. The number of methoxy groups -OCH3 is 1. The predicted octanol–water partition coefficient (Wildman–Crippen LogP) is 0.895. The van der Waals surface area contributed by atoms with Crippen LogP contribution in [0.3, 0.4) is 0 Å². The topological polar surface area (TPSA) is 69.4 Å². The van der Waals surface area contributed by atoms with Gasteiger partial charge in [-0.25, -0.2) is 0 Å². The van der Waals surface area contributed by atoms with Crippen molar-refractivity contribution in [3.63, 3.8) is 0 Å². The van der Waals surface area contributed by atoms with Crippen LogP contribution in [0.15, 0.2) is 24.5 Å². The summed E-state index contributed by atoms with van der Waals surface area (Å²) in [5, 5.41) is 17.0. The molecule has 6 heteroatoms. The molecule has 6 nitrogen and oxygen atoms in total. The van der Waals surface area contributed by atoms with Crippen LogP contribution in [0, 0.1) is 0 Å². The van der Waals surface area contributed by atoms with Crippen molar-refractivity contribution < 1.29 is 14.6 Å². The fourth-order valence-corrected chi connectivity index (χ4v) is 1.58. The number of benzene rings is 1. The molecule has 0 radical (unpaired) electrons. The predicted molar refractivity (Wildman–Crippen MR) is 64.3 cm³/mol. The first kappa shape index (κ1) is 12.4. The number of aromatic nitrogens is 3. The number of para-hydroxylation sites is 1. The molecular formula is C12H15N3O3. The number of aliphatic hydroxyl groups is 1. The lowest BCUT2D eigenvalue weighted by Gasteiger charge is -2.13. The van der Waals surface area contributed by atoms with Crippen LogP contribution in [0.1, 0.15) is 11.4 Å². The Balaban J connectivity index is 2.20. The Bertz CT molecular complexity index is 503. The minimum absolute atomic E-state index is 0.106. The van der Waals surface area contributed by atoms with E-state index in [4.69, 9.17) is 9.47 Å². The molecule has 1 N–H and O–H groups in total. The van der Waals surface area contributed by atoms with Crippen molar-refractivity contribution in [2.24, 2.45) is 7.05 Å². The molecule has 1 aromatic carbocycles. The van der Waals surface area contributed by atoms with Crippen molar-refractivity contribution in [3.8, 4) is 11.5 Å². The lowest BCUT2D eigenvalue weighted by atomic mass is 10.2. The number of ether oxygens (including phenoxy) is 2. The van der Waals surface area contributed by atoms with E-state index < -0.39 is 0 Å². The Morgan fingerprint density at radius 3 is 2.83 bits per heavy atom. The van der Waals surface area contributed by atoms with Gasteiger partial charge >= 0.3 is 0 Å². The smallest absolute Gasteiger partial charge is 0.170 e. The first-order chi connectivity index (χ1) is 8.76. The average Bonchev–Trinajstić information content (AvgIpc) is 2.81. The maximum Gasteiger partial charge on any atom is 0.170 e. The van der Waals surface area contributed by atoms with Gasteiger partial charge in [-0.15, -0.1) is 10.2 Å². The highest BCUT2D eigenvalue weighted by Gasteiger charge is 2.11. The standard InChI is InChI=1S/C12H15N3O3/c1-15-8-13-14-11(15)7-18-12-9(6-16)4-3-5-10(12)17-2/h3-5,8,16H,6-7H2,1-2H3. The van der Waals surface area contributed by atoms with Gasteiger partial charge < -0.3 is 19.1 Å². The summed E-state index contributed by atoms with van der Waals surface area (Å²) in [4.78, 5) is 0. The summed E-state index contributed by atoms with van der Waals surface area (Å²) >= 11 is 0. The number of aliphatic hydroxyl groups excluding tert-OH is 1. The van der Waals surface area contributed by atoms with E-state index in [2.05, 4.69) is 10.2 Å². The van der Waals surface area contributed by atoms with Gasteiger partial charge in [-0.05, 0) is 6.07 Å². The molecule has 0 aliphatic carbocycles. The van der Waals surface area contributed by atoms with E-state index in [9.17, 15) is 5.11 Å². The van der Waals surface area contributed by atoms with Gasteiger partial charge in [0.15, 0.2) is 17.3 Å². The highest BCUT2D eigenvalue weighted by Crippen LogP contribution is 2.31. The molecule has 18 heavy (non-hydrogen) atoms. The van der Waals surface area contributed by atoms with Crippen molar-refractivity contribution >= 4 is 0 Å². The van der Waals surface area contributed by atoms with Crippen LogP contribution < -0.4 is 9.47 Å². The number of hydrogen-bond donors (Lipinski definition) is 1. The summed E-state index contributed by atoms with van der Waals surface area (Å²) < 4.78 is 12.6. The third kappa shape index (κ3) is 2.43. The molecule has 96 valence electrons. The first-order valence-corrected chi connectivity index (χ1v) is 5.48. The second-order valence-corrected chi connectivity index (χ2v) is 3.75. The Morgan fingerprint density at radius 1 is 1.39 bits per heavy atom. The number of nitrogens with zero attached hydrogens (tertiary/aromatic N) is 3. The van der Waals surface area contributed by atoms with E-state index in [1.165, 1.54) is 0 Å². The third-order valence-corrected chi connectivity index (χ3v) is 2.60. The highest BCUT2D eigenvalue weighted by molar-refractivity contribution is 5.46. The maximum atomic E-state index is 9.28. The summed E-state index contributed by atoms with van der Waals surface area (Å²) in [5.41, 5.74) is 0.677. The minimum atomic E-state index is -0.106. The van der Waals surface area contributed by atoms with Crippen molar-refractivity contribution in [3.05, 3.63) is 35.9 Å². The molecule has 0 atom stereocenters. The summed E-state index contributed by atoms with van der Waals surface area (Å²) in [7, 11) is 3.40. The van der Waals surface area contributed by atoms with Crippen LogP contribution in [0.25, 0.3) is 0 Å². The molecule has 2 aromatic rings. The van der Waals surface area contributed by atoms with Crippen molar-refractivity contribution in [2.45, 2.75) is 13.2 Å². The van der Waals surface area contributed by atoms with Crippen molar-refractivity contribution in [1.29, 1.82) is 0 Å². The molecule has 0 saturated heterocycles. The highest BCUT2D eigenvalue weighted by atomic mass is 16.5. The second kappa shape index (κ2) is 5.50. The molecule has 0 spiro atoms. The number of hydrogen-bond acceptors (Lipinski definition) is 5. The SMILES string of the molecule is COc1cccc(CO)c1OCc1nncn1C. The summed E-state index contributed by atoms with van der Waals surface area (Å²) in [6.45, 7) is 0.162. The van der Waals surface area contributed by atoms with Gasteiger partial charge in [0, 0.05) is 12.6 Å². The van der Waals surface area contributed by atoms with Gasteiger partial charge in [0.1, 0.15) is 12.9 Å². The van der Waals surface area contributed by atoms with E-state index in [0.29, 0.717) is 22.9 Å². The zero-order valence-corrected chi connectivity index (χ0v) is 10.3. The molecule has 0 fully saturated rings. The zero-order chi connectivity index (χ0) is 13.0. The van der Waals surface area contributed by atoms with Gasteiger partial charge in [-0.1, -0.05) is 12.1 Å².